The lowest BCUT2D eigenvalue weighted by Crippen LogP contribution is -2.34. The van der Waals surface area contributed by atoms with Crippen LogP contribution in [0.4, 0.5) is 17.1 Å². The van der Waals surface area contributed by atoms with E-state index in [4.69, 9.17) is 0 Å². The molecule has 4 rings (SSSR count). The number of fused-ring (bicyclic) bond motifs is 1. The van der Waals surface area contributed by atoms with Crippen molar-refractivity contribution in [3.8, 4) is 0 Å². The molecule has 0 aliphatic carbocycles. The molecule has 0 saturated carbocycles. The fraction of sp³-hybridized carbons (Fsp3) is 0.409. The van der Waals surface area contributed by atoms with Crippen LogP contribution in [0.2, 0.25) is 0 Å². The summed E-state index contributed by atoms with van der Waals surface area (Å²) in [5.41, 5.74) is 4.03. The molecule has 1 atom stereocenters. The number of carbonyl (C=O) groups excluding carboxylic acids is 1. The molecule has 29 heavy (non-hydrogen) atoms. The molecule has 2 aliphatic heterocycles. The number of rotatable bonds is 4. The van der Waals surface area contributed by atoms with Crippen LogP contribution in [-0.2, 0) is 16.4 Å². The summed E-state index contributed by atoms with van der Waals surface area (Å²) in [7, 11) is -3.33. The molecule has 2 heterocycles. The standard InChI is InChI=1S/C22H27N3O3S/c1-16-14-18-15-17(6-11-21(18)25(16)29(2,27)28)22(26)23-19-7-9-20(10-8-19)24-12-4-3-5-13-24/h6-11,15-16H,3-5,12-14H2,1-2H3,(H,23,26). The topological polar surface area (TPSA) is 69.7 Å². The number of benzene rings is 2. The number of nitrogens with zero attached hydrogens (tertiary/aromatic N) is 2. The minimum atomic E-state index is -3.33. The lowest BCUT2D eigenvalue weighted by Gasteiger charge is -2.28. The molecule has 2 aliphatic rings. The Morgan fingerprint density at radius 3 is 2.38 bits per heavy atom. The van der Waals surface area contributed by atoms with Crippen LogP contribution >= 0.6 is 0 Å². The first-order chi connectivity index (χ1) is 13.8. The number of piperidine rings is 1. The van der Waals surface area contributed by atoms with Crippen molar-refractivity contribution in [1.29, 1.82) is 0 Å². The van der Waals surface area contributed by atoms with Gasteiger partial charge in [0.15, 0.2) is 0 Å². The van der Waals surface area contributed by atoms with Gasteiger partial charge in [-0.3, -0.25) is 9.10 Å². The van der Waals surface area contributed by atoms with E-state index >= 15 is 0 Å². The summed E-state index contributed by atoms with van der Waals surface area (Å²) in [4.78, 5) is 15.1. The number of hydrogen-bond donors (Lipinski definition) is 1. The molecule has 6 nitrogen and oxygen atoms in total. The predicted molar refractivity (Wildman–Crippen MR) is 117 cm³/mol. The van der Waals surface area contributed by atoms with Gasteiger partial charge in [0.25, 0.3) is 5.91 Å². The second kappa shape index (κ2) is 7.71. The highest BCUT2D eigenvalue weighted by Gasteiger charge is 2.32. The SMILES string of the molecule is CC1Cc2cc(C(=O)Nc3ccc(N4CCCCC4)cc3)ccc2N1S(C)(=O)=O. The zero-order valence-corrected chi connectivity index (χ0v) is 17.7. The lowest BCUT2D eigenvalue weighted by atomic mass is 10.1. The molecule has 154 valence electrons. The molecule has 0 spiro atoms. The van der Waals surface area contributed by atoms with Crippen molar-refractivity contribution in [3.63, 3.8) is 0 Å². The fourth-order valence-electron chi connectivity index (χ4n) is 4.36. The van der Waals surface area contributed by atoms with Crippen molar-refractivity contribution in [1.82, 2.24) is 0 Å². The van der Waals surface area contributed by atoms with Crippen molar-refractivity contribution in [3.05, 3.63) is 53.6 Å². The Balaban J connectivity index is 1.47. The summed E-state index contributed by atoms with van der Waals surface area (Å²) < 4.78 is 25.5. The molecule has 1 unspecified atom stereocenters. The van der Waals surface area contributed by atoms with Gasteiger partial charge in [-0.15, -0.1) is 0 Å². The van der Waals surface area contributed by atoms with Gasteiger partial charge in [-0.25, -0.2) is 8.42 Å². The highest BCUT2D eigenvalue weighted by atomic mass is 32.2. The fourth-order valence-corrected chi connectivity index (χ4v) is 5.62. The molecule has 7 heteroatoms. The predicted octanol–water partition coefficient (Wildman–Crippen LogP) is 3.64. The first-order valence-corrected chi connectivity index (χ1v) is 12.0. The molecule has 2 aromatic rings. The van der Waals surface area contributed by atoms with Gasteiger partial charge in [0, 0.05) is 36.1 Å². The van der Waals surface area contributed by atoms with Gasteiger partial charge in [0.1, 0.15) is 0 Å². The number of hydrogen-bond acceptors (Lipinski definition) is 4. The van der Waals surface area contributed by atoms with Crippen molar-refractivity contribution in [2.45, 2.75) is 38.6 Å². The quantitative estimate of drug-likeness (QED) is 0.831. The molecule has 1 fully saturated rings. The molecule has 0 bridgehead atoms. The number of amides is 1. The summed E-state index contributed by atoms with van der Waals surface area (Å²) in [6, 6.07) is 13.0. The molecule has 0 aromatic heterocycles. The average molecular weight is 414 g/mol. The number of carbonyl (C=O) groups is 1. The van der Waals surface area contributed by atoms with Crippen molar-refractivity contribution in [2.75, 3.05) is 33.9 Å². The molecular weight excluding hydrogens is 386 g/mol. The van der Waals surface area contributed by atoms with Crippen molar-refractivity contribution >= 4 is 33.0 Å². The minimum Gasteiger partial charge on any atom is -0.372 e. The van der Waals surface area contributed by atoms with Gasteiger partial charge in [0.2, 0.25) is 10.0 Å². The molecule has 1 N–H and O–H groups in total. The Labute approximate surface area is 172 Å². The van der Waals surface area contributed by atoms with Gasteiger partial charge in [-0.2, -0.15) is 0 Å². The maximum absolute atomic E-state index is 12.7. The lowest BCUT2D eigenvalue weighted by molar-refractivity contribution is 0.102. The van der Waals surface area contributed by atoms with Crippen LogP contribution in [0.25, 0.3) is 0 Å². The Morgan fingerprint density at radius 2 is 1.72 bits per heavy atom. The maximum atomic E-state index is 12.7. The van der Waals surface area contributed by atoms with Crippen LogP contribution in [0.3, 0.4) is 0 Å². The summed E-state index contributed by atoms with van der Waals surface area (Å²) in [5.74, 6) is -0.191. The molecule has 1 saturated heterocycles. The molecular formula is C22H27N3O3S. The van der Waals surface area contributed by atoms with E-state index in [0.29, 0.717) is 17.7 Å². The third-order valence-corrected chi connectivity index (χ3v) is 6.97. The van der Waals surface area contributed by atoms with E-state index in [2.05, 4.69) is 22.3 Å². The summed E-state index contributed by atoms with van der Waals surface area (Å²) in [6.07, 6.45) is 5.57. The Bertz CT molecular complexity index is 1010. The summed E-state index contributed by atoms with van der Waals surface area (Å²) in [5, 5.41) is 2.94. The smallest absolute Gasteiger partial charge is 0.255 e. The van der Waals surface area contributed by atoms with E-state index in [9.17, 15) is 13.2 Å². The normalized spacial score (nSPS) is 19.2. The van der Waals surface area contributed by atoms with E-state index in [-0.39, 0.29) is 11.9 Å². The zero-order valence-electron chi connectivity index (χ0n) is 16.9. The van der Waals surface area contributed by atoms with Crippen molar-refractivity contribution in [2.24, 2.45) is 0 Å². The zero-order chi connectivity index (χ0) is 20.6. The van der Waals surface area contributed by atoms with Gasteiger partial charge >= 0.3 is 0 Å². The van der Waals surface area contributed by atoms with E-state index in [0.717, 1.165) is 24.3 Å². The third kappa shape index (κ3) is 4.10. The maximum Gasteiger partial charge on any atom is 0.255 e. The van der Waals surface area contributed by atoms with E-state index < -0.39 is 10.0 Å². The highest BCUT2D eigenvalue weighted by Crippen LogP contribution is 2.34. The Kier molecular flexibility index (Phi) is 5.25. The summed E-state index contributed by atoms with van der Waals surface area (Å²) in [6.45, 7) is 4.05. The summed E-state index contributed by atoms with van der Waals surface area (Å²) >= 11 is 0. The monoisotopic (exact) mass is 413 g/mol. The largest absolute Gasteiger partial charge is 0.372 e. The third-order valence-electron chi connectivity index (χ3n) is 5.70. The Morgan fingerprint density at radius 1 is 1.03 bits per heavy atom. The second-order valence-corrected chi connectivity index (χ2v) is 9.86. The van der Waals surface area contributed by atoms with Crippen LogP contribution in [0, 0.1) is 0 Å². The van der Waals surface area contributed by atoms with Gasteiger partial charge < -0.3 is 10.2 Å². The second-order valence-electron chi connectivity index (χ2n) is 8.00. The van der Waals surface area contributed by atoms with E-state index in [1.807, 2.05) is 19.1 Å². The van der Waals surface area contributed by atoms with Crippen LogP contribution in [0.1, 0.15) is 42.1 Å². The van der Waals surface area contributed by atoms with Crippen LogP contribution in [0.5, 0.6) is 0 Å². The van der Waals surface area contributed by atoms with Crippen LogP contribution in [-0.4, -0.2) is 39.7 Å². The van der Waals surface area contributed by atoms with Gasteiger partial charge in [-0.1, -0.05) is 0 Å². The number of nitrogens with one attached hydrogen (secondary N) is 1. The van der Waals surface area contributed by atoms with Gasteiger partial charge in [0.05, 0.1) is 11.9 Å². The van der Waals surface area contributed by atoms with Crippen LogP contribution < -0.4 is 14.5 Å². The Hall–Kier alpha value is -2.54. The first-order valence-electron chi connectivity index (χ1n) is 10.1. The average Bonchev–Trinajstić information content (AvgIpc) is 3.04. The number of sulfonamides is 1. The molecule has 0 radical (unpaired) electrons. The molecule has 2 aromatic carbocycles. The van der Waals surface area contributed by atoms with E-state index in [1.54, 1.807) is 18.2 Å². The first kappa shape index (κ1) is 19.8. The highest BCUT2D eigenvalue weighted by molar-refractivity contribution is 7.92. The molecule has 1 amide bonds. The van der Waals surface area contributed by atoms with Crippen molar-refractivity contribution < 1.29 is 13.2 Å². The van der Waals surface area contributed by atoms with E-state index in [1.165, 1.54) is 35.5 Å². The van der Waals surface area contributed by atoms with Crippen LogP contribution in [0.15, 0.2) is 42.5 Å². The number of anilines is 3. The minimum absolute atomic E-state index is 0.138. The van der Waals surface area contributed by atoms with Gasteiger partial charge in [-0.05, 0) is 80.6 Å².